The van der Waals surface area contributed by atoms with Crippen molar-refractivity contribution in [2.75, 3.05) is 0 Å². The van der Waals surface area contributed by atoms with Crippen LogP contribution in [0.2, 0.25) is 0 Å². The Balaban J connectivity index is 2.44. The number of halogens is 1. The molecule has 0 radical (unpaired) electrons. The molecule has 1 aromatic carbocycles. The third-order valence-corrected chi connectivity index (χ3v) is 2.80. The zero-order valence-corrected chi connectivity index (χ0v) is 11.6. The summed E-state index contributed by atoms with van der Waals surface area (Å²) in [5, 5.41) is 2.80. The first-order valence-corrected chi connectivity index (χ1v) is 6.30. The van der Waals surface area contributed by atoms with Crippen molar-refractivity contribution in [2.24, 2.45) is 0 Å². The van der Waals surface area contributed by atoms with Crippen LogP contribution in [0, 0.1) is 0 Å². The highest BCUT2D eigenvalue weighted by molar-refractivity contribution is 9.10. The van der Waals surface area contributed by atoms with Gasteiger partial charge in [0.05, 0.1) is 6.42 Å². The van der Waals surface area contributed by atoms with Crippen molar-refractivity contribution in [1.82, 2.24) is 5.32 Å². The number of hydrogen-bond donors (Lipinski definition) is 1. The van der Waals surface area contributed by atoms with E-state index in [4.69, 9.17) is 0 Å². The SMILES string of the molecule is CC(=O)CC(=O)NC(C)Cc1ccc(Br)cc1. The third kappa shape index (κ3) is 5.63. The van der Waals surface area contributed by atoms with Crippen LogP contribution in [0.3, 0.4) is 0 Å². The second-order valence-corrected chi connectivity index (χ2v) is 5.09. The van der Waals surface area contributed by atoms with Crippen LogP contribution < -0.4 is 5.32 Å². The summed E-state index contributed by atoms with van der Waals surface area (Å²) in [6.45, 7) is 3.35. The van der Waals surface area contributed by atoms with Gasteiger partial charge in [0.25, 0.3) is 0 Å². The van der Waals surface area contributed by atoms with Crippen molar-refractivity contribution in [2.45, 2.75) is 32.7 Å². The lowest BCUT2D eigenvalue weighted by Gasteiger charge is -2.13. The summed E-state index contributed by atoms with van der Waals surface area (Å²) in [7, 11) is 0. The molecule has 0 saturated carbocycles. The minimum Gasteiger partial charge on any atom is -0.353 e. The number of nitrogens with one attached hydrogen (secondary N) is 1. The van der Waals surface area contributed by atoms with Gasteiger partial charge in [-0.25, -0.2) is 0 Å². The number of amides is 1. The highest BCUT2D eigenvalue weighted by atomic mass is 79.9. The smallest absolute Gasteiger partial charge is 0.227 e. The Kier molecular flexibility index (Phi) is 5.35. The van der Waals surface area contributed by atoms with Crippen molar-refractivity contribution in [3.8, 4) is 0 Å². The second kappa shape index (κ2) is 6.55. The number of hydrogen-bond acceptors (Lipinski definition) is 2. The second-order valence-electron chi connectivity index (χ2n) is 4.18. The minimum atomic E-state index is -0.206. The maximum absolute atomic E-state index is 11.4. The van der Waals surface area contributed by atoms with E-state index >= 15 is 0 Å². The Morgan fingerprint density at radius 2 is 1.88 bits per heavy atom. The molecule has 1 amide bonds. The van der Waals surface area contributed by atoms with Crippen molar-refractivity contribution >= 4 is 27.6 Å². The summed E-state index contributed by atoms with van der Waals surface area (Å²) in [6.07, 6.45) is 0.724. The molecule has 1 aromatic rings. The molecule has 0 spiro atoms. The Bertz CT molecular complexity index is 400. The molecule has 3 nitrogen and oxygen atoms in total. The van der Waals surface area contributed by atoms with Gasteiger partial charge in [0.1, 0.15) is 5.78 Å². The molecule has 1 rings (SSSR count). The van der Waals surface area contributed by atoms with Crippen molar-refractivity contribution < 1.29 is 9.59 Å². The zero-order valence-electron chi connectivity index (χ0n) is 10.00. The molecule has 4 heteroatoms. The Morgan fingerprint density at radius 3 is 2.41 bits per heavy atom. The van der Waals surface area contributed by atoms with Gasteiger partial charge in [-0.05, 0) is 38.0 Å². The Labute approximate surface area is 110 Å². The number of rotatable bonds is 5. The fraction of sp³-hybridized carbons (Fsp3) is 0.385. The molecule has 0 aliphatic carbocycles. The predicted molar refractivity (Wildman–Crippen MR) is 70.7 cm³/mol. The molecular formula is C13H16BrNO2. The number of carbonyl (C=O) groups excluding carboxylic acids is 2. The van der Waals surface area contributed by atoms with E-state index < -0.39 is 0 Å². The van der Waals surface area contributed by atoms with Crippen LogP contribution >= 0.6 is 15.9 Å². The molecule has 0 aliphatic heterocycles. The van der Waals surface area contributed by atoms with Gasteiger partial charge in [-0.2, -0.15) is 0 Å². The summed E-state index contributed by atoms with van der Waals surface area (Å²) in [5.74, 6) is -0.319. The van der Waals surface area contributed by atoms with E-state index in [0.29, 0.717) is 0 Å². The summed E-state index contributed by atoms with van der Waals surface area (Å²) < 4.78 is 1.04. The van der Waals surface area contributed by atoms with E-state index in [-0.39, 0.29) is 24.2 Å². The highest BCUT2D eigenvalue weighted by Gasteiger charge is 2.09. The van der Waals surface area contributed by atoms with Crippen LogP contribution in [-0.2, 0) is 16.0 Å². The first-order valence-electron chi connectivity index (χ1n) is 5.50. The molecule has 1 N–H and O–H groups in total. The molecule has 17 heavy (non-hydrogen) atoms. The van der Waals surface area contributed by atoms with Gasteiger partial charge in [-0.3, -0.25) is 9.59 Å². The topological polar surface area (TPSA) is 46.2 Å². The van der Waals surface area contributed by atoms with Gasteiger partial charge in [0.15, 0.2) is 0 Å². The fourth-order valence-electron chi connectivity index (χ4n) is 1.58. The molecule has 0 heterocycles. The van der Waals surface area contributed by atoms with E-state index in [0.717, 1.165) is 16.5 Å². The van der Waals surface area contributed by atoms with Gasteiger partial charge >= 0.3 is 0 Å². The summed E-state index contributed by atoms with van der Waals surface area (Å²) in [6, 6.07) is 8.00. The summed E-state index contributed by atoms with van der Waals surface area (Å²) >= 11 is 3.37. The molecule has 0 aliphatic rings. The van der Waals surface area contributed by atoms with E-state index in [1.54, 1.807) is 0 Å². The maximum atomic E-state index is 11.4. The molecule has 0 fully saturated rings. The van der Waals surface area contributed by atoms with Crippen LogP contribution in [0.5, 0.6) is 0 Å². The first-order chi connectivity index (χ1) is 7.97. The molecule has 0 bridgehead atoms. The Hall–Kier alpha value is -1.16. The number of ketones is 1. The molecule has 0 aromatic heterocycles. The molecular weight excluding hydrogens is 282 g/mol. The molecule has 0 saturated heterocycles. The predicted octanol–water partition coefficient (Wildman–Crippen LogP) is 2.48. The maximum Gasteiger partial charge on any atom is 0.227 e. The van der Waals surface area contributed by atoms with Crippen LogP contribution in [0.25, 0.3) is 0 Å². The van der Waals surface area contributed by atoms with Gasteiger partial charge in [0.2, 0.25) is 5.91 Å². The van der Waals surface area contributed by atoms with E-state index in [1.165, 1.54) is 6.92 Å². The highest BCUT2D eigenvalue weighted by Crippen LogP contribution is 2.11. The lowest BCUT2D eigenvalue weighted by Crippen LogP contribution is -2.34. The van der Waals surface area contributed by atoms with Crippen molar-refractivity contribution in [3.63, 3.8) is 0 Å². The van der Waals surface area contributed by atoms with Crippen LogP contribution in [0.4, 0.5) is 0 Å². The lowest BCUT2D eigenvalue weighted by molar-refractivity contribution is -0.127. The monoisotopic (exact) mass is 297 g/mol. The van der Waals surface area contributed by atoms with Gasteiger partial charge < -0.3 is 5.32 Å². The largest absolute Gasteiger partial charge is 0.353 e. The van der Waals surface area contributed by atoms with E-state index in [2.05, 4.69) is 21.2 Å². The molecule has 1 unspecified atom stereocenters. The average molecular weight is 298 g/mol. The van der Waals surface area contributed by atoms with Crippen molar-refractivity contribution in [1.29, 1.82) is 0 Å². The van der Waals surface area contributed by atoms with Gasteiger partial charge in [0, 0.05) is 10.5 Å². The third-order valence-electron chi connectivity index (χ3n) is 2.27. The Morgan fingerprint density at radius 1 is 1.29 bits per heavy atom. The summed E-state index contributed by atoms with van der Waals surface area (Å²) in [5.41, 5.74) is 1.16. The zero-order chi connectivity index (χ0) is 12.8. The van der Waals surface area contributed by atoms with Crippen molar-refractivity contribution in [3.05, 3.63) is 34.3 Å². The van der Waals surface area contributed by atoms with E-state index in [9.17, 15) is 9.59 Å². The number of Topliss-reactive ketones (excluding diaryl/α,β-unsaturated/α-hetero) is 1. The normalized spacial score (nSPS) is 11.9. The molecule has 1 atom stereocenters. The minimum absolute atomic E-state index is 0.0306. The van der Waals surface area contributed by atoms with Crippen LogP contribution in [-0.4, -0.2) is 17.7 Å². The van der Waals surface area contributed by atoms with Gasteiger partial charge in [-0.1, -0.05) is 28.1 Å². The average Bonchev–Trinajstić information content (AvgIpc) is 2.19. The van der Waals surface area contributed by atoms with Crippen LogP contribution in [0.15, 0.2) is 28.7 Å². The van der Waals surface area contributed by atoms with E-state index in [1.807, 2.05) is 31.2 Å². The standard InChI is InChI=1S/C13H16BrNO2/c1-9(15-13(17)8-10(2)16)7-11-3-5-12(14)6-4-11/h3-6,9H,7-8H2,1-2H3,(H,15,17). The first kappa shape index (κ1) is 13.9. The van der Waals surface area contributed by atoms with Gasteiger partial charge in [-0.15, -0.1) is 0 Å². The lowest BCUT2D eigenvalue weighted by atomic mass is 10.1. The summed E-state index contributed by atoms with van der Waals surface area (Å²) in [4.78, 5) is 22.1. The van der Waals surface area contributed by atoms with Crippen LogP contribution in [0.1, 0.15) is 25.8 Å². The fourth-order valence-corrected chi connectivity index (χ4v) is 1.84. The number of carbonyl (C=O) groups is 2. The number of benzene rings is 1. The molecule has 92 valence electrons. The quantitative estimate of drug-likeness (QED) is 0.849.